The second-order valence-corrected chi connectivity index (χ2v) is 11.7. The lowest BCUT2D eigenvalue weighted by Crippen LogP contribution is -2.58. The summed E-state index contributed by atoms with van der Waals surface area (Å²) in [5.41, 5.74) is 11.6. The van der Waals surface area contributed by atoms with Gasteiger partial charge in [0.05, 0.1) is 5.54 Å². The lowest BCUT2D eigenvalue weighted by molar-refractivity contribution is -0.137. The molecule has 5 N–H and O–H groups in total. The summed E-state index contributed by atoms with van der Waals surface area (Å²) in [4.78, 5) is 47.7. The van der Waals surface area contributed by atoms with E-state index in [1.807, 2.05) is 0 Å². The van der Waals surface area contributed by atoms with E-state index in [-0.39, 0.29) is 17.8 Å². The normalized spacial score (nSPS) is 24.8. The van der Waals surface area contributed by atoms with E-state index in [4.69, 9.17) is 11.5 Å². The van der Waals surface area contributed by atoms with E-state index in [9.17, 15) is 14.4 Å². The number of aromatic nitrogens is 2. The molecule has 1 aliphatic heterocycles. The second kappa shape index (κ2) is 12.0. The Hall–Kier alpha value is -2.76. The number of hydrogen-bond donors (Lipinski definition) is 3. The van der Waals surface area contributed by atoms with Gasteiger partial charge in [0, 0.05) is 56.7 Å². The first-order valence-corrected chi connectivity index (χ1v) is 13.9. The van der Waals surface area contributed by atoms with Crippen LogP contribution in [0.4, 0.5) is 10.6 Å². The van der Waals surface area contributed by atoms with Crippen LogP contribution in [0, 0.1) is 5.92 Å². The Bertz CT molecular complexity index is 1080. The van der Waals surface area contributed by atoms with Gasteiger partial charge in [-0.25, -0.2) is 9.59 Å². The maximum Gasteiger partial charge on any atom is 0.353 e. The summed E-state index contributed by atoms with van der Waals surface area (Å²) in [7, 11) is 2.22. The number of piperazine rings is 1. The SMILES string of the molecule is CN(CC1CC=C(n2ccc(NC(=O)N3CCN(C(=O)C(C)(C)N)CC3)nc2=O)CC1)[C@H]1CC[C@H](N)CC1. The Morgan fingerprint density at radius 1 is 1.11 bits per heavy atom. The van der Waals surface area contributed by atoms with E-state index >= 15 is 0 Å². The number of rotatable bonds is 6. The molecule has 1 unspecified atom stereocenters. The van der Waals surface area contributed by atoms with Crippen molar-refractivity contribution in [3.8, 4) is 0 Å². The summed E-state index contributed by atoms with van der Waals surface area (Å²) in [5.74, 6) is 0.668. The van der Waals surface area contributed by atoms with E-state index in [0.29, 0.717) is 44.2 Å². The summed E-state index contributed by atoms with van der Waals surface area (Å²) in [6.45, 7) is 6.04. The Morgan fingerprint density at radius 3 is 2.34 bits per heavy atom. The van der Waals surface area contributed by atoms with Gasteiger partial charge in [0.2, 0.25) is 5.91 Å². The minimum Gasteiger partial charge on any atom is -0.338 e. The molecule has 0 radical (unpaired) electrons. The molecule has 1 aromatic heterocycles. The molecule has 0 spiro atoms. The van der Waals surface area contributed by atoms with Crippen molar-refractivity contribution in [3.63, 3.8) is 0 Å². The molecule has 1 saturated heterocycles. The van der Waals surface area contributed by atoms with Gasteiger partial charge >= 0.3 is 11.7 Å². The smallest absolute Gasteiger partial charge is 0.338 e. The predicted octanol–water partition coefficient (Wildman–Crippen LogP) is 1.50. The molecule has 1 saturated carbocycles. The average molecular weight is 529 g/mol. The Labute approximate surface area is 225 Å². The molecule has 0 aromatic carbocycles. The number of nitrogens with zero attached hydrogens (tertiary/aromatic N) is 5. The minimum absolute atomic E-state index is 0.132. The maximum atomic E-state index is 12.8. The number of nitrogens with two attached hydrogens (primary N) is 2. The van der Waals surface area contributed by atoms with E-state index in [1.54, 1.807) is 40.5 Å². The molecule has 3 amide bonds. The van der Waals surface area contributed by atoms with Crippen LogP contribution >= 0.6 is 0 Å². The molecule has 2 fully saturated rings. The van der Waals surface area contributed by atoms with E-state index in [2.05, 4.69) is 28.3 Å². The molecular formula is C27H44N8O3. The van der Waals surface area contributed by atoms with Gasteiger partial charge < -0.3 is 26.2 Å². The Balaban J connectivity index is 1.27. The van der Waals surface area contributed by atoms with Crippen LogP contribution in [0.2, 0.25) is 0 Å². The summed E-state index contributed by atoms with van der Waals surface area (Å²) >= 11 is 0. The number of carbonyl (C=O) groups is 2. The highest BCUT2D eigenvalue weighted by molar-refractivity contribution is 5.89. The molecule has 2 heterocycles. The largest absolute Gasteiger partial charge is 0.353 e. The molecule has 3 aliphatic rings. The van der Waals surface area contributed by atoms with Crippen LogP contribution < -0.4 is 22.5 Å². The number of anilines is 1. The lowest BCUT2D eigenvalue weighted by atomic mass is 9.88. The van der Waals surface area contributed by atoms with Crippen LogP contribution in [0.25, 0.3) is 5.70 Å². The predicted molar refractivity (Wildman–Crippen MR) is 148 cm³/mol. The van der Waals surface area contributed by atoms with E-state index in [0.717, 1.165) is 44.3 Å². The van der Waals surface area contributed by atoms with Gasteiger partial charge in [-0.3, -0.25) is 14.7 Å². The first kappa shape index (κ1) is 28.3. The van der Waals surface area contributed by atoms with Crippen molar-refractivity contribution in [3.05, 3.63) is 28.8 Å². The first-order valence-electron chi connectivity index (χ1n) is 13.9. The number of urea groups is 1. The van der Waals surface area contributed by atoms with Crippen LogP contribution in [-0.4, -0.2) is 93.6 Å². The fraction of sp³-hybridized carbons (Fsp3) is 0.704. The average Bonchev–Trinajstić information content (AvgIpc) is 2.89. The van der Waals surface area contributed by atoms with Crippen molar-refractivity contribution < 1.29 is 9.59 Å². The zero-order valence-corrected chi connectivity index (χ0v) is 23.1. The fourth-order valence-electron chi connectivity index (χ4n) is 5.76. The number of hydrogen-bond acceptors (Lipinski definition) is 7. The molecule has 38 heavy (non-hydrogen) atoms. The molecule has 0 bridgehead atoms. The van der Waals surface area contributed by atoms with Crippen LogP contribution in [0.1, 0.15) is 58.8 Å². The van der Waals surface area contributed by atoms with Crippen molar-refractivity contribution in [2.24, 2.45) is 17.4 Å². The molecule has 4 rings (SSSR count). The monoisotopic (exact) mass is 528 g/mol. The third-order valence-corrected chi connectivity index (χ3v) is 8.16. The number of allylic oxidation sites excluding steroid dienone is 2. The van der Waals surface area contributed by atoms with Gasteiger partial charge in [-0.1, -0.05) is 6.08 Å². The third kappa shape index (κ3) is 7.00. The van der Waals surface area contributed by atoms with Crippen molar-refractivity contribution in [1.82, 2.24) is 24.3 Å². The summed E-state index contributed by atoms with van der Waals surface area (Å²) in [5, 5.41) is 2.72. The van der Waals surface area contributed by atoms with Gasteiger partial charge in [0.1, 0.15) is 5.82 Å². The topological polar surface area (TPSA) is 143 Å². The zero-order valence-electron chi connectivity index (χ0n) is 23.1. The van der Waals surface area contributed by atoms with Gasteiger partial charge in [0.25, 0.3) is 0 Å². The van der Waals surface area contributed by atoms with Gasteiger partial charge in [-0.05, 0) is 77.8 Å². The number of amides is 3. The minimum atomic E-state index is -0.937. The highest BCUT2D eigenvalue weighted by Gasteiger charge is 2.31. The number of nitrogens with one attached hydrogen (secondary N) is 1. The highest BCUT2D eigenvalue weighted by Crippen LogP contribution is 2.28. The highest BCUT2D eigenvalue weighted by atomic mass is 16.2. The Kier molecular flexibility index (Phi) is 8.89. The van der Waals surface area contributed by atoms with Crippen molar-refractivity contribution in [2.75, 3.05) is 45.1 Å². The van der Waals surface area contributed by atoms with Crippen LogP contribution in [0.3, 0.4) is 0 Å². The zero-order chi connectivity index (χ0) is 27.4. The summed E-state index contributed by atoms with van der Waals surface area (Å²) in [6, 6.07) is 2.31. The first-order chi connectivity index (χ1) is 18.0. The van der Waals surface area contributed by atoms with Crippen molar-refractivity contribution in [2.45, 2.75) is 76.4 Å². The summed E-state index contributed by atoms with van der Waals surface area (Å²) in [6.07, 6.45) is 11.2. The second-order valence-electron chi connectivity index (χ2n) is 11.7. The maximum absolute atomic E-state index is 12.8. The van der Waals surface area contributed by atoms with E-state index in [1.165, 1.54) is 12.8 Å². The number of carbonyl (C=O) groups excluding carboxylic acids is 2. The van der Waals surface area contributed by atoms with Crippen molar-refractivity contribution >= 4 is 23.5 Å². The molecular weight excluding hydrogens is 484 g/mol. The summed E-state index contributed by atoms with van der Waals surface area (Å²) < 4.78 is 1.58. The lowest BCUT2D eigenvalue weighted by Gasteiger charge is -2.37. The standard InChI is InChI=1S/C27H44N8O3/c1-27(2,29)24(36)33-14-16-34(17-15-33)25(37)30-23-12-13-35(26(38)31-23)22-8-4-19(5-9-22)18-32(3)21-10-6-20(28)7-11-21/h8,12-13,19-21H,4-7,9-11,14-18,28-29H2,1-3H3,(H,30,31,37,38)/t19?,20-,21-. The molecule has 2 aliphatic carbocycles. The van der Waals surface area contributed by atoms with Crippen LogP contribution in [-0.2, 0) is 4.79 Å². The quantitative estimate of drug-likeness (QED) is 0.508. The van der Waals surface area contributed by atoms with E-state index < -0.39 is 11.2 Å². The third-order valence-electron chi connectivity index (χ3n) is 8.16. The van der Waals surface area contributed by atoms with Gasteiger partial charge in [0.15, 0.2) is 0 Å². The van der Waals surface area contributed by atoms with Gasteiger partial charge in [-0.2, -0.15) is 4.98 Å². The molecule has 1 aromatic rings. The molecule has 210 valence electrons. The van der Waals surface area contributed by atoms with Gasteiger partial charge in [-0.15, -0.1) is 0 Å². The molecule has 1 atom stereocenters. The van der Waals surface area contributed by atoms with Crippen molar-refractivity contribution in [1.29, 1.82) is 0 Å². The van der Waals surface area contributed by atoms with Crippen LogP contribution in [0.5, 0.6) is 0 Å². The molecule has 11 nitrogen and oxygen atoms in total. The molecule has 11 heteroatoms. The fourth-order valence-corrected chi connectivity index (χ4v) is 5.76. The van der Waals surface area contributed by atoms with Crippen LogP contribution in [0.15, 0.2) is 23.1 Å². The Morgan fingerprint density at radius 2 is 1.76 bits per heavy atom.